The van der Waals surface area contributed by atoms with Crippen LogP contribution in [0.25, 0.3) is 11.0 Å². The van der Waals surface area contributed by atoms with E-state index < -0.39 is 11.6 Å². The maximum Gasteiger partial charge on any atom is 0.184 e. The first kappa shape index (κ1) is 13.5. The Balaban J connectivity index is 2.19. The monoisotopic (exact) mass is 313 g/mol. The number of benzene rings is 1. The lowest BCUT2D eigenvalue weighted by Gasteiger charge is -2.06. The van der Waals surface area contributed by atoms with E-state index in [1.54, 1.807) is 10.8 Å². The van der Waals surface area contributed by atoms with Crippen molar-refractivity contribution in [3.63, 3.8) is 0 Å². The molecule has 0 fully saturated rings. The molecule has 2 aromatic heterocycles. The van der Waals surface area contributed by atoms with E-state index in [0.717, 1.165) is 16.0 Å². The molecule has 20 heavy (non-hydrogen) atoms. The number of thiazole rings is 1. The Kier molecular flexibility index (Phi) is 3.43. The maximum absolute atomic E-state index is 14.0. The van der Waals surface area contributed by atoms with Crippen LogP contribution in [0.15, 0.2) is 18.3 Å². The molecule has 0 spiro atoms. The summed E-state index contributed by atoms with van der Waals surface area (Å²) in [6.07, 6.45) is 1.75. The number of aromatic nitrogens is 3. The van der Waals surface area contributed by atoms with Gasteiger partial charge >= 0.3 is 0 Å². The second kappa shape index (κ2) is 5.10. The van der Waals surface area contributed by atoms with Crippen molar-refractivity contribution in [1.82, 2.24) is 14.5 Å². The first-order chi connectivity index (χ1) is 9.60. The van der Waals surface area contributed by atoms with Gasteiger partial charge in [-0.15, -0.1) is 22.9 Å². The zero-order valence-electron chi connectivity index (χ0n) is 10.5. The van der Waals surface area contributed by atoms with Crippen molar-refractivity contribution < 1.29 is 8.78 Å². The van der Waals surface area contributed by atoms with Crippen molar-refractivity contribution in [2.24, 2.45) is 0 Å². The van der Waals surface area contributed by atoms with Gasteiger partial charge in [0, 0.05) is 11.1 Å². The van der Waals surface area contributed by atoms with Gasteiger partial charge in [-0.2, -0.15) is 0 Å². The van der Waals surface area contributed by atoms with Crippen molar-refractivity contribution in [3.05, 3.63) is 45.7 Å². The standard InChI is InChI=1S/C13H10ClF2N3S/c1-7-5-17-11(20-7)6-19-10(4-14)18-9-3-2-8(15)12(16)13(9)19/h2-3,5H,4,6H2,1H3. The highest BCUT2D eigenvalue weighted by Crippen LogP contribution is 2.24. The smallest absolute Gasteiger partial charge is 0.184 e. The Morgan fingerprint density at radius 3 is 2.80 bits per heavy atom. The summed E-state index contributed by atoms with van der Waals surface area (Å²) in [6, 6.07) is 2.52. The summed E-state index contributed by atoms with van der Waals surface area (Å²) >= 11 is 7.36. The van der Waals surface area contributed by atoms with Gasteiger partial charge in [-0.25, -0.2) is 18.7 Å². The number of hydrogen-bond acceptors (Lipinski definition) is 3. The zero-order valence-corrected chi connectivity index (χ0v) is 12.1. The van der Waals surface area contributed by atoms with E-state index in [-0.39, 0.29) is 11.4 Å². The summed E-state index contributed by atoms with van der Waals surface area (Å²) < 4.78 is 29.0. The van der Waals surface area contributed by atoms with Crippen LogP contribution in [0.3, 0.4) is 0 Å². The highest BCUT2D eigenvalue weighted by atomic mass is 35.5. The number of hydrogen-bond donors (Lipinski definition) is 0. The van der Waals surface area contributed by atoms with Gasteiger partial charge in [-0.1, -0.05) is 0 Å². The molecule has 104 valence electrons. The summed E-state index contributed by atoms with van der Waals surface area (Å²) in [5, 5.41) is 0.803. The van der Waals surface area contributed by atoms with Gasteiger partial charge in [0.05, 0.1) is 17.9 Å². The van der Waals surface area contributed by atoms with Crippen LogP contribution in [0.2, 0.25) is 0 Å². The molecule has 0 amide bonds. The molecular formula is C13H10ClF2N3S. The Morgan fingerprint density at radius 1 is 1.35 bits per heavy atom. The first-order valence-electron chi connectivity index (χ1n) is 5.90. The average Bonchev–Trinajstić information content (AvgIpc) is 2.99. The fourth-order valence-corrected chi connectivity index (χ4v) is 3.07. The predicted octanol–water partition coefficient (Wildman–Crippen LogP) is 3.87. The number of imidazole rings is 1. The second-order valence-corrected chi connectivity index (χ2v) is 5.93. The average molecular weight is 314 g/mol. The molecule has 0 aliphatic carbocycles. The van der Waals surface area contributed by atoms with E-state index in [1.807, 2.05) is 6.92 Å². The van der Waals surface area contributed by atoms with Gasteiger partial charge < -0.3 is 4.57 Å². The molecular weight excluding hydrogens is 304 g/mol. The molecule has 0 saturated carbocycles. The SMILES string of the molecule is Cc1cnc(Cn2c(CCl)nc3ccc(F)c(F)c32)s1. The second-order valence-electron chi connectivity index (χ2n) is 4.34. The normalized spacial score (nSPS) is 11.4. The Hall–Kier alpha value is -1.53. The number of fused-ring (bicyclic) bond motifs is 1. The van der Waals surface area contributed by atoms with Gasteiger partial charge in [-0.3, -0.25) is 0 Å². The number of alkyl halides is 1. The van der Waals surface area contributed by atoms with E-state index in [4.69, 9.17) is 11.6 Å². The van der Waals surface area contributed by atoms with Crippen LogP contribution < -0.4 is 0 Å². The van der Waals surface area contributed by atoms with Crippen molar-refractivity contribution in [2.45, 2.75) is 19.3 Å². The molecule has 1 aromatic carbocycles. The topological polar surface area (TPSA) is 30.7 Å². The largest absolute Gasteiger partial charge is 0.318 e. The molecule has 0 atom stereocenters. The Bertz CT molecular complexity index is 781. The molecule has 0 aliphatic heterocycles. The summed E-state index contributed by atoms with van der Waals surface area (Å²) in [5.41, 5.74) is 0.529. The molecule has 0 bridgehead atoms. The lowest BCUT2D eigenvalue weighted by atomic mass is 10.3. The maximum atomic E-state index is 14.0. The van der Waals surface area contributed by atoms with Gasteiger partial charge in [-0.05, 0) is 19.1 Å². The van der Waals surface area contributed by atoms with E-state index >= 15 is 0 Å². The Morgan fingerprint density at radius 2 is 2.15 bits per heavy atom. The van der Waals surface area contributed by atoms with E-state index in [1.165, 1.54) is 17.4 Å². The van der Waals surface area contributed by atoms with Crippen LogP contribution in [0.1, 0.15) is 15.7 Å². The van der Waals surface area contributed by atoms with Crippen LogP contribution in [-0.4, -0.2) is 14.5 Å². The molecule has 0 unspecified atom stereocenters. The van der Waals surface area contributed by atoms with Crippen LogP contribution in [0.4, 0.5) is 8.78 Å². The molecule has 0 aliphatic rings. The third kappa shape index (κ3) is 2.19. The van der Waals surface area contributed by atoms with Crippen molar-refractivity contribution in [3.8, 4) is 0 Å². The summed E-state index contributed by atoms with van der Waals surface area (Å²) in [7, 11) is 0. The van der Waals surface area contributed by atoms with Gasteiger partial charge in [0.2, 0.25) is 0 Å². The lowest BCUT2D eigenvalue weighted by molar-refractivity contribution is 0.512. The summed E-state index contributed by atoms with van der Waals surface area (Å²) in [5.74, 6) is -1.17. The Labute approximate surface area is 122 Å². The van der Waals surface area contributed by atoms with Crippen LogP contribution in [-0.2, 0) is 12.4 Å². The summed E-state index contributed by atoms with van der Waals surface area (Å²) in [6.45, 7) is 2.27. The third-order valence-electron chi connectivity index (χ3n) is 2.96. The first-order valence-corrected chi connectivity index (χ1v) is 7.25. The molecule has 7 heteroatoms. The van der Waals surface area contributed by atoms with E-state index in [9.17, 15) is 8.78 Å². The molecule has 3 rings (SSSR count). The van der Waals surface area contributed by atoms with Crippen LogP contribution in [0, 0.1) is 18.6 Å². The minimum atomic E-state index is -0.903. The molecule has 3 aromatic rings. The van der Waals surface area contributed by atoms with Gasteiger partial charge in [0.15, 0.2) is 11.6 Å². The van der Waals surface area contributed by atoms with E-state index in [0.29, 0.717) is 17.9 Å². The summed E-state index contributed by atoms with van der Waals surface area (Å²) in [4.78, 5) is 9.53. The van der Waals surface area contributed by atoms with Gasteiger partial charge in [0.1, 0.15) is 16.3 Å². The van der Waals surface area contributed by atoms with Crippen LogP contribution >= 0.6 is 22.9 Å². The minimum absolute atomic E-state index is 0.125. The predicted molar refractivity (Wildman–Crippen MR) is 75.2 cm³/mol. The number of nitrogens with zero attached hydrogens (tertiary/aromatic N) is 3. The van der Waals surface area contributed by atoms with Crippen molar-refractivity contribution in [2.75, 3.05) is 0 Å². The van der Waals surface area contributed by atoms with Gasteiger partial charge in [0.25, 0.3) is 0 Å². The van der Waals surface area contributed by atoms with Crippen LogP contribution in [0.5, 0.6) is 0 Å². The molecule has 0 saturated heterocycles. The third-order valence-corrected chi connectivity index (χ3v) is 4.10. The molecule has 2 heterocycles. The number of rotatable bonds is 3. The zero-order chi connectivity index (χ0) is 14.3. The van der Waals surface area contributed by atoms with E-state index in [2.05, 4.69) is 9.97 Å². The highest BCUT2D eigenvalue weighted by molar-refractivity contribution is 7.11. The molecule has 3 nitrogen and oxygen atoms in total. The highest BCUT2D eigenvalue weighted by Gasteiger charge is 2.17. The minimum Gasteiger partial charge on any atom is -0.318 e. The number of halogens is 3. The fraction of sp³-hybridized carbons (Fsp3) is 0.231. The molecule has 0 radical (unpaired) electrons. The van der Waals surface area contributed by atoms with Crippen molar-refractivity contribution in [1.29, 1.82) is 0 Å². The molecule has 0 N–H and O–H groups in total. The van der Waals surface area contributed by atoms with Crippen molar-refractivity contribution >= 4 is 34.0 Å². The quantitative estimate of drug-likeness (QED) is 0.687. The fourth-order valence-electron chi connectivity index (χ4n) is 2.09. The lowest BCUT2D eigenvalue weighted by Crippen LogP contribution is -2.05. The number of aryl methyl sites for hydroxylation is 1.